The van der Waals surface area contributed by atoms with Crippen LogP contribution in [0.15, 0.2) is 24.3 Å². The van der Waals surface area contributed by atoms with Gasteiger partial charge in [0.15, 0.2) is 0 Å². The smallest absolute Gasteiger partial charge is 0.237 e. The summed E-state index contributed by atoms with van der Waals surface area (Å²) in [5.74, 6) is 0.200. The van der Waals surface area contributed by atoms with E-state index in [2.05, 4.69) is 58.1 Å². The molecule has 2 heterocycles. The van der Waals surface area contributed by atoms with Crippen LogP contribution in [0.25, 0.3) is 0 Å². The lowest BCUT2D eigenvalue weighted by atomic mass is 10.0. The number of likely N-dealkylation sites (N-methyl/N-ethyl adjacent to an activating group) is 1. The molecule has 2 fully saturated rings. The zero-order valence-electron chi connectivity index (χ0n) is 17.8. The first-order chi connectivity index (χ1) is 13.7. The Labute approximate surface area is 171 Å². The first kappa shape index (κ1) is 21.3. The second-order valence-electron chi connectivity index (χ2n) is 8.29. The third kappa shape index (κ3) is 6.03. The maximum Gasteiger partial charge on any atom is 0.237 e. The van der Waals surface area contributed by atoms with Gasteiger partial charge in [-0.1, -0.05) is 44.5 Å². The summed E-state index contributed by atoms with van der Waals surface area (Å²) in [7, 11) is 0. The van der Waals surface area contributed by atoms with E-state index in [0.717, 1.165) is 52.1 Å². The van der Waals surface area contributed by atoms with Gasteiger partial charge in [-0.25, -0.2) is 0 Å². The molecule has 2 saturated heterocycles. The number of rotatable bonds is 8. The van der Waals surface area contributed by atoms with Gasteiger partial charge < -0.3 is 10.2 Å². The molecule has 0 bridgehead atoms. The van der Waals surface area contributed by atoms with Crippen molar-refractivity contribution < 1.29 is 4.79 Å². The number of piperazine rings is 1. The zero-order chi connectivity index (χ0) is 19.8. The Morgan fingerprint density at radius 3 is 2.32 bits per heavy atom. The van der Waals surface area contributed by atoms with Crippen molar-refractivity contribution >= 4 is 5.91 Å². The lowest BCUT2D eigenvalue weighted by molar-refractivity contribution is -0.127. The Balaban J connectivity index is 1.44. The molecule has 0 saturated carbocycles. The van der Waals surface area contributed by atoms with Crippen molar-refractivity contribution in [1.29, 1.82) is 0 Å². The van der Waals surface area contributed by atoms with Crippen LogP contribution in [0.4, 0.5) is 0 Å². The zero-order valence-corrected chi connectivity index (χ0v) is 17.8. The second kappa shape index (κ2) is 10.9. The molecule has 0 aliphatic carbocycles. The van der Waals surface area contributed by atoms with E-state index in [-0.39, 0.29) is 11.9 Å². The second-order valence-corrected chi connectivity index (χ2v) is 8.29. The number of nitrogens with zero attached hydrogens (tertiary/aromatic N) is 3. The topological polar surface area (TPSA) is 38.8 Å². The molecular weight excluding hydrogens is 348 g/mol. The van der Waals surface area contributed by atoms with Crippen LogP contribution in [0.5, 0.6) is 0 Å². The van der Waals surface area contributed by atoms with Crippen LogP contribution in [0.3, 0.4) is 0 Å². The third-order valence-corrected chi connectivity index (χ3v) is 6.24. The van der Waals surface area contributed by atoms with E-state index in [0.29, 0.717) is 6.54 Å². The minimum Gasteiger partial charge on any atom is -0.351 e. The average Bonchev–Trinajstić information content (AvgIpc) is 2.74. The number of carbonyl (C=O) groups excluding carboxylic acids is 1. The molecular formula is C23H38N4O. The quantitative estimate of drug-likeness (QED) is 0.746. The van der Waals surface area contributed by atoms with E-state index in [1.807, 2.05) is 0 Å². The molecule has 2 aliphatic heterocycles. The van der Waals surface area contributed by atoms with Gasteiger partial charge in [0.25, 0.3) is 0 Å². The summed E-state index contributed by atoms with van der Waals surface area (Å²) in [4.78, 5) is 20.1. The van der Waals surface area contributed by atoms with Crippen molar-refractivity contribution in [3.8, 4) is 0 Å². The maximum atomic E-state index is 12.7. The standard InChI is InChI=1S/C23H38N4O/c1-3-12-27-13-6-5-7-22(27)23(28)24-18-20-8-10-21(11-9-20)19-26-16-14-25(4-2)15-17-26/h8-11,22H,3-7,12-19H2,1-2H3,(H,24,28). The van der Waals surface area contributed by atoms with Gasteiger partial charge in [0, 0.05) is 39.3 Å². The number of carbonyl (C=O) groups is 1. The summed E-state index contributed by atoms with van der Waals surface area (Å²) in [5.41, 5.74) is 2.55. The number of amides is 1. The Morgan fingerprint density at radius 1 is 0.964 bits per heavy atom. The highest BCUT2D eigenvalue weighted by Crippen LogP contribution is 2.17. The molecule has 0 spiro atoms. The monoisotopic (exact) mass is 386 g/mol. The molecule has 2 aliphatic rings. The van der Waals surface area contributed by atoms with E-state index in [9.17, 15) is 4.79 Å². The van der Waals surface area contributed by atoms with Crippen molar-refractivity contribution in [3.63, 3.8) is 0 Å². The Morgan fingerprint density at radius 2 is 1.64 bits per heavy atom. The highest BCUT2D eigenvalue weighted by molar-refractivity contribution is 5.81. The van der Waals surface area contributed by atoms with Gasteiger partial charge in [-0.3, -0.25) is 14.6 Å². The number of benzene rings is 1. The summed E-state index contributed by atoms with van der Waals surface area (Å²) in [5, 5.41) is 3.17. The van der Waals surface area contributed by atoms with Gasteiger partial charge >= 0.3 is 0 Å². The van der Waals surface area contributed by atoms with E-state index < -0.39 is 0 Å². The molecule has 1 amide bonds. The molecule has 0 radical (unpaired) electrons. The van der Waals surface area contributed by atoms with Crippen LogP contribution < -0.4 is 5.32 Å². The van der Waals surface area contributed by atoms with Crippen LogP contribution in [-0.2, 0) is 17.9 Å². The maximum absolute atomic E-state index is 12.7. The van der Waals surface area contributed by atoms with Crippen LogP contribution >= 0.6 is 0 Å². The molecule has 5 nitrogen and oxygen atoms in total. The molecule has 1 N–H and O–H groups in total. The number of piperidine rings is 1. The van der Waals surface area contributed by atoms with Crippen molar-refractivity contribution in [1.82, 2.24) is 20.0 Å². The van der Waals surface area contributed by atoms with Gasteiger partial charge in [0.2, 0.25) is 5.91 Å². The van der Waals surface area contributed by atoms with E-state index in [1.54, 1.807) is 0 Å². The number of nitrogens with one attached hydrogen (secondary N) is 1. The first-order valence-electron chi connectivity index (χ1n) is 11.2. The number of hydrogen-bond acceptors (Lipinski definition) is 4. The Bertz CT molecular complexity index is 593. The fourth-order valence-corrected chi connectivity index (χ4v) is 4.43. The van der Waals surface area contributed by atoms with Crippen LogP contribution in [0, 0.1) is 0 Å². The van der Waals surface area contributed by atoms with Crippen LogP contribution in [0.2, 0.25) is 0 Å². The molecule has 3 rings (SSSR count). The van der Waals surface area contributed by atoms with E-state index >= 15 is 0 Å². The summed E-state index contributed by atoms with van der Waals surface area (Å²) in [6.45, 7) is 14.0. The van der Waals surface area contributed by atoms with Gasteiger partial charge in [-0.05, 0) is 50.0 Å². The minimum atomic E-state index is 0.0646. The predicted octanol–water partition coefficient (Wildman–Crippen LogP) is 2.70. The lowest BCUT2D eigenvalue weighted by Gasteiger charge is -2.34. The Kier molecular flexibility index (Phi) is 8.31. The SMILES string of the molecule is CCCN1CCCCC1C(=O)NCc1ccc(CN2CCN(CC)CC2)cc1. The first-order valence-corrected chi connectivity index (χ1v) is 11.2. The minimum absolute atomic E-state index is 0.0646. The largest absolute Gasteiger partial charge is 0.351 e. The molecule has 28 heavy (non-hydrogen) atoms. The molecule has 1 atom stereocenters. The summed E-state index contributed by atoms with van der Waals surface area (Å²) < 4.78 is 0. The fourth-order valence-electron chi connectivity index (χ4n) is 4.43. The number of likely N-dealkylation sites (tertiary alicyclic amines) is 1. The molecule has 1 aromatic rings. The number of hydrogen-bond donors (Lipinski definition) is 1. The molecule has 1 unspecified atom stereocenters. The highest BCUT2D eigenvalue weighted by Gasteiger charge is 2.27. The van der Waals surface area contributed by atoms with E-state index in [1.165, 1.54) is 37.1 Å². The van der Waals surface area contributed by atoms with Crippen molar-refractivity contribution in [2.75, 3.05) is 45.8 Å². The summed E-state index contributed by atoms with van der Waals surface area (Å²) >= 11 is 0. The van der Waals surface area contributed by atoms with Crippen molar-refractivity contribution in [2.24, 2.45) is 0 Å². The molecule has 0 aromatic heterocycles. The average molecular weight is 387 g/mol. The normalized spacial score (nSPS) is 22.3. The third-order valence-electron chi connectivity index (χ3n) is 6.24. The van der Waals surface area contributed by atoms with Gasteiger partial charge in [0.1, 0.15) is 0 Å². The van der Waals surface area contributed by atoms with Crippen LogP contribution in [0.1, 0.15) is 50.7 Å². The lowest BCUT2D eigenvalue weighted by Crippen LogP contribution is -2.49. The summed E-state index contributed by atoms with van der Waals surface area (Å²) in [6.07, 6.45) is 4.49. The van der Waals surface area contributed by atoms with Crippen molar-refractivity contribution in [2.45, 2.75) is 58.7 Å². The predicted molar refractivity (Wildman–Crippen MR) is 115 cm³/mol. The van der Waals surface area contributed by atoms with Gasteiger partial charge in [-0.2, -0.15) is 0 Å². The Hall–Kier alpha value is -1.43. The summed E-state index contributed by atoms with van der Waals surface area (Å²) in [6, 6.07) is 8.84. The van der Waals surface area contributed by atoms with E-state index in [4.69, 9.17) is 0 Å². The van der Waals surface area contributed by atoms with Gasteiger partial charge in [0.05, 0.1) is 6.04 Å². The fraction of sp³-hybridized carbons (Fsp3) is 0.696. The van der Waals surface area contributed by atoms with Gasteiger partial charge in [-0.15, -0.1) is 0 Å². The molecule has 1 aromatic carbocycles. The van der Waals surface area contributed by atoms with Crippen LogP contribution in [-0.4, -0.2) is 72.5 Å². The van der Waals surface area contributed by atoms with Crippen molar-refractivity contribution in [3.05, 3.63) is 35.4 Å². The molecule has 156 valence electrons. The molecule has 5 heteroatoms. The highest BCUT2D eigenvalue weighted by atomic mass is 16.2.